The minimum absolute atomic E-state index is 0.237. The molecule has 16 heavy (non-hydrogen) atoms. The van der Waals surface area contributed by atoms with Crippen molar-refractivity contribution >= 4 is 0 Å². The minimum atomic E-state index is 0.237. The Kier molecular flexibility index (Phi) is 3.56. The third-order valence-electron chi connectivity index (χ3n) is 3.24. The summed E-state index contributed by atoms with van der Waals surface area (Å²) < 4.78 is 5.28. The first-order chi connectivity index (χ1) is 7.70. The summed E-state index contributed by atoms with van der Waals surface area (Å²) in [5.41, 5.74) is 0. The number of rotatable bonds is 3. The Morgan fingerprint density at radius 1 is 1.31 bits per heavy atom. The van der Waals surface area contributed by atoms with E-state index in [4.69, 9.17) is 4.52 Å². The van der Waals surface area contributed by atoms with Crippen LogP contribution < -0.4 is 0 Å². The number of hydrogen-bond donors (Lipinski definition) is 0. The van der Waals surface area contributed by atoms with Crippen molar-refractivity contribution in [1.29, 1.82) is 0 Å². The lowest BCUT2D eigenvalue weighted by Gasteiger charge is -2.34. The van der Waals surface area contributed by atoms with Gasteiger partial charge in [0.05, 0.1) is 6.04 Å². The van der Waals surface area contributed by atoms with Crippen LogP contribution in [-0.2, 0) is 6.42 Å². The van der Waals surface area contributed by atoms with Gasteiger partial charge in [0.2, 0.25) is 5.89 Å². The van der Waals surface area contributed by atoms with Crippen molar-refractivity contribution in [1.82, 2.24) is 19.9 Å². The average molecular weight is 224 g/mol. The molecule has 0 aliphatic carbocycles. The molecule has 1 aromatic heterocycles. The van der Waals surface area contributed by atoms with E-state index in [2.05, 4.69) is 33.9 Å². The van der Waals surface area contributed by atoms with Gasteiger partial charge in [-0.3, -0.25) is 4.90 Å². The van der Waals surface area contributed by atoms with Gasteiger partial charge in [0.1, 0.15) is 0 Å². The second kappa shape index (κ2) is 4.93. The molecule has 0 N–H and O–H groups in total. The third-order valence-corrected chi connectivity index (χ3v) is 3.24. The lowest BCUT2D eigenvalue weighted by Crippen LogP contribution is -2.45. The monoisotopic (exact) mass is 224 g/mol. The number of aromatic nitrogens is 2. The third kappa shape index (κ3) is 2.41. The Bertz CT molecular complexity index is 330. The van der Waals surface area contributed by atoms with E-state index in [-0.39, 0.29) is 6.04 Å². The van der Waals surface area contributed by atoms with E-state index >= 15 is 0 Å². The molecule has 0 aromatic carbocycles. The van der Waals surface area contributed by atoms with Crippen molar-refractivity contribution in [2.45, 2.75) is 26.3 Å². The lowest BCUT2D eigenvalue weighted by atomic mass is 10.2. The van der Waals surface area contributed by atoms with Crippen LogP contribution in [0.2, 0.25) is 0 Å². The maximum atomic E-state index is 5.28. The summed E-state index contributed by atoms with van der Waals surface area (Å²) in [6, 6.07) is 0.237. The summed E-state index contributed by atoms with van der Waals surface area (Å²) in [5, 5.41) is 3.94. The quantitative estimate of drug-likeness (QED) is 0.764. The highest BCUT2D eigenvalue weighted by molar-refractivity contribution is 4.93. The van der Waals surface area contributed by atoms with E-state index in [9.17, 15) is 0 Å². The molecule has 90 valence electrons. The van der Waals surface area contributed by atoms with E-state index < -0.39 is 0 Å². The van der Waals surface area contributed by atoms with Gasteiger partial charge < -0.3 is 9.42 Å². The van der Waals surface area contributed by atoms with E-state index in [0.717, 1.165) is 44.3 Å². The van der Waals surface area contributed by atoms with Crippen LogP contribution >= 0.6 is 0 Å². The van der Waals surface area contributed by atoms with Crippen molar-refractivity contribution in [2.75, 3.05) is 33.2 Å². The van der Waals surface area contributed by atoms with Crippen LogP contribution in [0.3, 0.4) is 0 Å². The molecule has 0 bridgehead atoms. The zero-order chi connectivity index (χ0) is 11.5. The van der Waals surface area contributed by atoms with Gasteiger partial charge in [-0.2, -0.15) is 4.98 Å². The smallest absolute Gasteiger partial charge is 0.243 e. The van der Waals surface area contributed by atoms with Gasteiger partial charge in [-0.25, -0.2) is 0 Å². The number of hydrogen-bond acceptors (Lipinski definition) is 5. The van der Waals surface area contributed by atoms with Crippen LogP contribution in [-0.4, -0.2) is 53.2 Å². The highest BCUT2D eigenvalue weighted by Gasteiger charge is 2.24. The fourth-order valence-electron chi connectivity index (χ4n) is 1.95. The zero-order valence-electron chi connectivity index (χ0n) is 10.3. The van der Waals surface area contributed by atoms with E-state index in [1.165, 1.54) is 0 Å². The molecular formula is C11H20N4O. The highest BCUT2D eigenvalue weighted by Crippen LogP contribution is 2.19. The Labute approximate surface area is 96.4 Å². The first kappa shape index (κ1) is 11.5. The Morgan fingerprint density at radius 3 is 2.56 bits per heavy atom. The maximum absolute atomic E-state index is 5.28. The largest absolute Gasteiger partial charge is 0.338 e. The van der Waals surface area contributed by atoms with E-state index in [1.807, 2.05) is 6.92 Å². The molecule has 1 saturated heterocycles. The van der Waals surface area contributed by atoms with Gasteiger partial charge in [0.15, 0.2) is 5.82 Å². The zero-order valence-corrected chi connectivity index (χ0v) is 10.3. The lowest BCUT2D eigenvalue weighted by molar-refractivity contribution is 0.102. The Hall–Kier alpha value is -0.940. The minimum Gasteiger partial charge on any atom is -0.338 e. The molecule has 2 rings (SSSR count). The summed E-state index contributed by atoms with van der Waals surface area (Å²) in [5.74, 6) is 1.55. The molecule has 1 atom stereocenters. The Balaban J connectivity index is 1.98. The van der Waals surface area contributed by atoms with Crippen LogP contribution in [0.1, 0.15) is 31.6 Å². The molecule has 1 aliphatic heterocycles. The van der Waals surface area contributed by atoms with Gasteiger partial charge in [-0.15, -0.1) is 0 Å². The van der Waals surface area contributed by atoms with Crippen LogP contribution in [0.4, 0.5) is 0 Å². The highest BCUT2D eigenvalue weighted by atomic mass is 16.5. The standard InChI is InChI=1S/C11H20N4O/c1-4-10-12-11(16-13-10)9(2)15-7-5-14(3)6-8-15/h9H,4-8H2,1-3H3/t9-/m1/s1. The Morgan fingerprint density at radius 2 is 2.00 bits per heavy atom. The van der Waals surface area contributed by atoms with Crippen molar-refractivity contribution in [3.05, 3.63) is 11.7 Å². The molecule has 5 nitrogen and oxygen atoms in total. The molecule has 0 radical (unpaired) electrons. The number of piperazine rings is 1. The van der Waals surface area contributed by atoms with Crippen molar-refractivity contribution in [3.63, 3.8) is 0 Å². The van der Waals surface area contributed by atoms with Crippen LogP contribution in [0, 0.1) is 0 Å². The molecule has 0 unspecified atom stereocenters. The molecular weight excluding hydrogens is 204 g/mol. The fraction of sp³-hybridized carbons (Fsp3) is 0.818. The SMILES string of the molecule is CCc1noc([C@@H](C)N2CCN(C)CC2)n1. The fourth-order valence-corrected chi connectivity index (χ4v) is 1.95. The predicted octanol–water partition coefficient (Wildman–Crippen LogP) is 0.940. The van der Waals surface area contributed by atoms with Crippen LogP contribution in [0.15, 0.2) is 4.52 Å². The van der Waals surface area contributed by atoms with Gasteiger partial charge in [-0.05, 0) is 14.0 Å². The average Bonchev–Trinajstić information content (AvgIpc) is 2.77. The first-order valence-electron chi connectivity index (χ1n) is 5.95. The van der Waals surface area contributed by atoms with Crippen molar-refractivity contribution in [2.24, 2.45) is 0 Å². The summed E-state index contributed by atoms with van der Waals surface area (Å²) in [6.45, 7) is 8.54. The van der Waals surface area contributed by atoms with Gasteiger partial charge in [0, 0.05) is 32.6 Å². The summed E-state index contributed by atoms with van der Waals surface area (Å²) in [7, 11) is 2.16. The van der Waals surface area contributed by atoms with Crippen LogP contribution in [0.25, 0.3) is 0 Å². The summed E-state index contributed by atoms with van der Waals surface area (Å²) >= 11 is 0. The summed E-state index contributed by atoms with van der Waals surface area (Å²) in [6.07, 6.45) is 0.832. The molecule has 1 aliphatic rings. The first-order valence-corrected chi connectivity index (χ1v) is 5.95. The summed E-state index contributed by atoms with van der Waals surface area (Å²) in [4.78, 5) is 9.13. The second-order valence-electron chi connectivity index (χ2n) is 4.42. The van der Waals surface area contributed by atoms with E-state index in [1.54, 1.807) is 0 Å². The van der Waals surface area contributed by atoms with Gasteiger partial charge in [-0.1, -0.05) is 12.1 Å². The number of aryl methyl sites for hydroxylation is 1. The predicted molar refractivity (Wildman–Crippen MR) is 61.2 cm³/mol. The molecule has 0 spiro atoms. The van der Waals surface area contributed by atoms with Crippen LogP contribution in [0.5, 0.6) is 0 Å². The normalized spacial score (nSPS) is 21.2. The molecule has 1 fully saturated rings. The molecule has 1 aromatic rings. The number of nitrogens with zero attached hydrogens (tertiary/aromatic N) is 4. The maximum Gasteiger partial charge on any atom is 0.243 e. The second-order valence-corrected chi connectivity index (χ2v) is 4.42. The van der Waals surface area contributed by atoms with Crippen molar-refractivity contribution < 1.29 is 4.52 Å². The number of likely N-dealkylation sites (N-methyl/N-ethyl adjacent to an activating group) is 1. The topological polar surface area (TPSA) is 45.4 Å². The van der Waals surface area contributed by atoms with Gasteiger partial charge >= 0.3 is 0 Å². The van der Waals surface area contributed by atoms with Crippen molar-refractivity contribution in [3.8, 4) is 0 Å². The van der Waals surface area contributed by atoms with Gasteiger partial charge in [0.25, 0.3) is 0 Å². The molecule has 2 heterocycles. The van der Waals surface area contributed by atoms with E-state index in [0.29, 0.717) is 0 Å². The molecule has 0 saturated carbocycles. The molecule has 0 amide bonds. The molecule has 5 heteroatoms.